The maximum Gasteiger partial charge on any atom is 0.135 e. The SMILES string of the molecule is C=CCO/N=C(\Cn1cc(-c2ccccc2)nn1)c1ccccc1. The lowest BCUT2D eigenvalue weighted by Crippen LogP contribution is -2.13. The Labute approximate surface area is 140 Å². The Morgan fingerprint density at radius 3 is 2.50 bits per heavy atom. The van der Waals surface area contributed by atoms with Gasteiger partial charge in [0, 0.05) is 11.1 Å². The van der Waals surface area contributed by atoms with Gasteiger partial charge < -0.3 is 4.84 Å². The van der Waals surface area contributed by atoms with E-state index in [4.69, 9.17) is 4.84 Å². The van der Waals surface area contributed by atoms with E-state index in [9.17, 15) is 0 Å². The van der Waals surface area contributed by atoms with E-state index < -0.39 is 0 Å². The molecular formula is C19H18N4O. The molecule has 0 aliphatic rings. The Hall–Kier alpha value is -3.21. The van der Waals surface area contributed by atoms with Crippen molar-refractivity contribution in [2.45, 2.75) is 6.54 Å². The van der Waals surface area contributed by atoms with Gasteiger partial charge in [-0.3, -0.25) is 0 Å². The summed E-state index contributed by atoms with van der Waals surface area (Å²) in [7, 11) is 0. The number of benzene rings is 2. The quantitative estimate of drug-likeness (QED) is 0.290. The number of hydrogen-bond acceptors (Lipinski definition) is 4. The molecule has 0 aliphatic heterocycles. The molecule has 24 heavy (non-hydrogen) atoms. The standard InChI is InChI=1S/C19H18N4O/c1-2-13-24-21-19(17-11-7-4-8-12-17)15-23-14-18(20-22-23)16-9-5-3-6-10-16/h2-12,14H,1,13,15H2/b21-19+. The molecule has 1 heterocycles. The number of hydrogen-bond donors (Lipinski definition) is 0. The molecule has 0 saturated carbocycles. The molecule has 0 aliphatic carbocycles. The zero-order chi connectivity index (χ0) is 16.6. The third kappa shape index (κ3) is 3.95. The minimum absolute atomic E-state index is 0.364. The first-order valence-corrected chi connectivity index (χ1v) is 7.67. The minimum atomic E-state index is 0.364. The van der Waals surface area contributed by atoms with Gasteiger partial charge in [-0.15, -0.1) is 5.10 Å². The summed E-state index contributed by atoms with van der Waals surface area (Å²) in [6.07, 6.45) is 3.57. The van der Waals surface area contributed by atoms with Gasteiger partial charge in [0.05, 0.1) is 12.7 Å². The monoisotopic (exact) mass is 318 g/mol. The van der Waals surface area contributed by atoms with Gasteiger partial charge in [0.25, 0.3) is 0 Å². The Morgan fingerprint density at radius 2 is 1.79 bits per heavy atom. The fourth-order valence-corrected chi connectivity index (χ4v) is 2.24. The van der Waals surface area contributed by atoms with Crippen molar-refractivity contribution in [2.75, 3.05) is 6.61 Å². The molecule has 0 unspecified atom stereocenters. The van der Waals surface area contributed by atoms with Gasteiger partial charge in [0.15, 0.2) is 0 Å². The van der Waals surface area contributed by atoms with Crippen LogP contribution in [0.25, 0.3) is 11.3 Å². The lowest BCUT2D eigenvalue weighted by atomic mass is 10.1. The topological polar surface area (TPSA) is 52.3 Å². The van der Waals surface area contributed by atoms with Gasteiger partial charge >= 0.3 is 0 Å². The summed E-state index contributed by atoms with van der Waals surface area (Å²) in [4.78, 5) is 5.27. The smallest absolute Gasteiger partial charge is 0.135 e. The van der Waals surface area contributed by atoms with Crippen molar-refractivity contribution in [2.24, 2.45) is 5.16 Å². The van der Waals surface area contributed by atoms with E-state index in [0.29, 0.717) is 13.2 Å². The van der Waals surface area contributed by atoms with Crippen molar-refractivity contribution in [3.63, 3.8) is 0 Å². The summed E-state index contributed by atoms with van der Waals surface area (Å²) in [5, 5.41) is 12.6. The van der Waals surface area contributed by atoms with E-state index in [1.165, 1.54) is 0 Å². The lowest BCUT2D eigenvalue weighted by Gasteiger charge is -2.06. The Bertz CT molecular complexity index is 810. The second-order valence-corrected chi connectivity index (χ2v) is 5.16. The highest BCUT2D eigenvalue weighted by Gasteiger charge is 2.09. The summed E-state index contributed by atoms with van der Waals surface area (Å²) in [5.74, 6) is 0. The second-order valence-electron chi connectivity index (χ2n) is 5.16. The third-order valence-corrected chi connectivity index (χ3v) is 3.39. The Morgan fingerprint density at radius 1 is 1.08 bits per heavy atom. The summed E-state index contributed by atoms with van der Waals surface area (Å²) >= 11 is 0. The number of rotatable bonds is 7. The van der Waals surface area contributed by atoms with Crippen LogP contribution >= 0.6 is 0 Å². The van der Waals surface area contributed by atoms with Gasteiger partial charge in [0.1, 0.15) is 18.0 Å². The van der Waals surface area contributed by atoms with Crippen LogP contribution in [0.1, 0.15) is 5.56 Å². The first-order chi connectivity index (χ1) is 11.9. The minimum Gasteiger partial charge on any atom is -0.391 e. The predicted octanol–water partition coefficient (Wildman–Crippen LogP) is 3.55. The molecule has 0 fully saturated rings. The molecule has 5 nitrogen and oxygen atoms in total. The first kappa shape index (κ1) is 15.7. The average Bonchev–Trinajstić information content (AvgIpc) is 3.11. The van der Waals surface area contributed by atoms with Gasteiger partial charge in [-0.05, 0) is 0 Å². The van der Waals surface area contributed by atoms with Crippen LogP contribution in [0.2, 0.25) is 0 Å². The number of oxime groups is 1. The van der Waals surface area contributed by atoms with E-state index >= 15 is 0 Å². The fraction of sp³-hybridized carbons (Fsp3) is 0.105. The summed E-state index contributed by atoms with van der Waals surface area (Å²) in [6, 6.07) is 19.8. The molecule has 0 radical (unpaired) electrons. The molecule has 0 N–H and O–H groups in total. The average molecular weight is 318 g/mol. The zero-order valence-electron chi connectivity index (χ0n) is 13.2. The van der Waals surface area contributed by atoms with Crippen LogP contribution < -0.4 is 0 Å². The van der Waals surface area contributed by atoms with Crippen molar-refractivity contribution in [1.29, 1.82) is 0 Å². The van der Waals surface area contributed by atoms with Gasteiger partial charge in [-0.1, -0.05) is 83.7 Å². The molecule has 3 aromatic rings. The largest absolute Gasteiger partial charge is 0.391 e. The van der Waals surface area contributed by atoms with E-state index in [1.807, 2.05) is 66.9 Å². The van der Waals surface area contributed by atoms with E-state index in [2.05, 4.69) is 22.0 Å². The van der Waals surface area contributed by atoms with Crippen LogP contribution in [0, 0.1) is 0 Å². The molecule has 2 aromatic carbocycles. The predicted molar refractivity (Wildman–Crippen MR) is 94.6 cm³/mol. The summed E-state index contributed by atoms with van der Waals surface area (Å²) in [6.45, 7) is 4.47. The first-order valence-electron chi connectivity index (χ1n) is 7.67. The van der Waals surface area contributed by atoms with Crippen molar-refractivity contribution >= 4 is 5.71 Å². The molecule has 0 saturated heterocycles. The normalized spacial score (nSPS) is 11.2. The van der Waals surface area contributed by atoms with Crippen molar-refractivity contribution < 1.29 is 4.84 Å². The molecular weight excluding hydrogens is 300 g/mol. The summed E-state index contributed by atoms with van der Waals surface area (Å²) < 4.78 is 1.76. The van der Waals surface area contributed by atoms with Crippen LogP contribution in [-0.2, 0) is 11.4 Å². The Kier molecular flexibility index (Phi) is 5.14. The second kappa shape index (κ2) is 7.87. The van der Waals surface area contributed by atoms with Crippen molar-refractivity contribution in [3.8, 4) is 11.3 Å². The molecule has 5 heteroatoms. The van der Waals surface area contributed by atoms with Crippen molar-refractivity contribution in [1.82, 2.24) is 15.0 Å². The van der Waals surface area contributed by atoms with Crippen molar-refractivity contribution in [3.05, 3.63) is 85.1 Å². The number of aromatic nitrogens is 3. The third-order valence-electron chi connectivity index (χ3n) is 3.39. The van der Waals surface area contributed by atoms with Gasteiger partial charge in [0.2, 0.25) is 0 Å². The highest BCUT2D eigenvalue weighted by molar-refractivity contribution is 6.00. The van der Waals surface area contributed by atoms with E-state index in [0.717, 1.165) is 22.5 Å². The van der Waals surface area contributed by atoms with Crippen LogP contribution in [0.5, 0.6) is 0 Å². The van der Waals surface area contributed by atoms with Gasteiger partial charge in [-0.25, -0.2) is 4.68 Å². The molecule has 3 rings (SSSR count). The van der Waals surface area contributed by atoms with Crippen LogP contribution in [0.4, 0.5) is 0 Å². The maximum atomic E-state index is 5.27. The van der Waals surface area contributed by atoms with E-state index in [-0.39, 0.29) is 0 Å². The van der Waals surface area contributed by atoms with Gasteiger partial charge in [-0.2, -0.15) is 0 Å². The molecule has 0 amide bonds. The molecule has 0 spiro atoms. The fourth-order valence-electron chi connectivity index (χ4n) is 2.24. The van der Waals surface area contributed by atoms with Crippen LogP contribution in [-0.4, -0.2) is 27.3 Å². The molecule has 120 valence electrons. The Balaban J connectivity index is 1.81. The highest BCUT2D eigenvalue weighted by Crippen LogP contribution is 2.15. The molecule has 0 bridgehead atoms. The van der Waals surface area contributed by atoms with Crippen LogP contribution in [0.15, 0.2) is 84.7 Å². The lowest BCUT2D eigenvalue weighted by molar-refractivity contribution is 0.174. The molecule has 0 atom stereocenters. The summed E-state index contributed by atoms with van der Waals surface area (Å²) in [5.41, 5.74) is 3.63. The highest BCUT2D eigenvalue weighted by atomic mass is 16.6. The zero-order valence-corrected chi connectivity index (χ0v) is 13.2. The van der Waals surface area contributed by atoms with E-state index in [1.54, 1.807) is 10.8 Å². The number of nitrogens with zero attached hydrogens (tertiary/aromatic N) is 4. The van der Waals surface area contributed by atoms with Crippen LogP contribution in [0.3, 0.4) is 0 Å². The molecule has 1 aromatic heterocycles. The maximum absolute atomic E-state index is 5.27.